The lowest BCUT2D eigenvalue weighted by molar-refractivity contribution is -0.115. The van der Waals surface area contributed by atoms with Gasteiger partial charge in [0, 0.05) is 16.7 Å². The summed E-state index contributed by atoms with van der Waals surface area (Å²) in [6, 6.07) is 10.5. The highest BCUT2D eigenvalue weighted by molar-refractivity contribution is 6.16. The zero-order valence-corrected chi connectivity index (χ0v) is 15.4. The van der Waals surface area contributed by atoms with Crippen molar-refractivity contribution in [3.05, 3.63) is 80.9 Å². The summed E-state index contributed by atoms with van der Waals surface area (Å²) in [6.07, 6.45) is 0.134. The van der Waals surface area contributed by atoms with Crippen LogP contribution in [0.15, 0.2) is 47.5 Å². The minimum absolute atomic E-state index is 0.224. The fourth-order valence-electron chi connectivity index (χ4n) is 3.59. The lowest BCUT2D eigenvalue weighted by Gasteiger charge is -2.13. The second kappa shape index (κ2) is 6.58. The highest BCUT2D eigenvalue weighted by Gasteiger charge is 2.40. The van der Waals surface area contributed by atoms with Gasteiger partial charge in [0.1, 0.15) is 0 Å². The molecule has 0 aromatic heterocycles. The van der Waals surface area contributed by atoms with E-state index in [4.69, 9.17) is 0 Å². The molecule has 0 spiro atoms. The van der Waals surface area contributed by atoms with E-state index in [1.165, 1.54) is 12.1 Å². The van der Waals surface area contributed by atoms with Crippen molar-refractivity contribution in [2.24, 2.45) is 0 Å². The molecule has 6 nitrogen and oxygen atoms in total. The average molecular weight is 374 g/mol. The van der Waals surface area contributed by atoms with Crippen LogP contribution < -0.4 is 10.6 Å². The molecule has 1 atom stereocenters. The fraction of sp³-hybridized carbons (Fsp3) is 0.136. The molecule has 0 radical (unpaired) electrons. The van der Waals surface area contributed by atoms with Crippen molar-refractivity contribution in [1.29, 1.82) is 0 Å². The first-order valence-electron chi connectivity index (χ1n) is 8.81. The monoisotopic (exact) mass is 374 g/mol. The lowest BCUT2D eigenvalue weighted by atomic mass is 9.98. The minimum atomic E-state index is -1.06. The first kappa shape index (κ1) is 17.9. The molecule has 140 valence electrons. The number of hydrogen-bond donors (Lipinski definition) is 3. The van der Waals surface area contributed by atoms with Crippen LogP contribution in [0.1, 0.15) is 43.0 Å². The molecule has 0 fully saturated rings. The van der Waals surface area contributed by atoms with Crippen molar-refractivity contribution in [3.63, 3.8) is 0 Å². The fourth-order valence-corrected chi connectivity index (χ4v) is 3.59. The smallest absolute Gasteiger partial charge is 0.258 e. The molecule has 0 bridgehead atoms. The summed E-state index contributed by atoms with van der Waals surface area (Å²) >= 11 is 0. The van der Waals surface area contributed by atoms with Crippen LogP contribution in [0.2, 0.25) is 0 Å². The predicted molar refractivity (Wildman–Crippen MR) is 104 cm³/mol. The molecular formula is C22H18N2O4. The Balaban J connectivity index is 1.88. The molecule has 4 rings (SSSR count). The van der Waals surface area contributed by atoms with E-state index < -0.39 is 6.23 Å². The standard InChI is InChI=1S/C22H18N2O4/c1-11-3-4-13(7-12(11)2)19-17-18(22(28)23-19)20(24-21(17)27)14-5-6-15(9-25)16(8-14)10-26/h3-10,22-23,28H,1-2H3,(H,24,27). The van der Waals surface area contributed by atoms with Gasteiger partial charge in [-0.1, -0.05) is 24.3 Å². The van der Waals surface area contributed by atoms with Gasteiger partial charge in [-0.15, -0.1) is 0 Å². The second-order valence-electron chi connectivity index (χ2n) is 6.92. The third-order valence-corrected chi connectivity index (χ3v) is 5.23. The molecule has 2 aromatic rings. The van der Waals surface area contributed by atoms with Gasteiger partial charge in [0.15, 0.2) is 18.8 Å². The van der Waals surface area contributed by atoms with E-state index in [9.17, 15) is 19.5 Å². The Kier molecular flexibility index (Phi) is 4.20. The maximum atomic E-state index is 12.7. The van der Waals surface area contributed by atoms with Gasteiger partial charge >= 0.3 is 0 Å². The minimum Gasteiger partial charge on any atom is -0.369 e. The molecule has 28 heavy (non-hydrogen) atoms. The van der Waals surface area contributed by atoms with E-state index in [2.05, 4.69) is 10.6 Å². The number of rotatable bonds is 4. The van der Waals surface area contributed by atoms with Crippen LogP contribution >= 0.6 is 0 Å². The SMILES string of the molecule is Cc1ccc(C2=C3C(=O)NC(c4ccc(C=O)c(C=O)c4)=C3C(O)N2)cc1C. The summed E-state index contributed by atoms with van der Waals surface area (Å²) in [5.74, 6) is -0.325. The number of nitrogens with one attached hydrogen (secondary N) is 2. The van der Waals surface area contributed by atoms with E-state index in [0.29, 0.717) is 40.7 Å². The molecule has 6 heteroatoms. The van der Waals surface area contributed by atoms with Gasteiger partial charge in [-0.2, -0.15) is 0 Å². The predicted octanol–water partition coefficient (Wildman–Crippen LogP) is 2.10. The first-order valence-corrected chi connectivity index (χ1v) is 8.81. The Bertz CT molecular complexity index is 1110. The van der Waals surface area contributed by atoms with Crippen molar-refractivity contribution in [3.8, 4) is 0 Å². The molecule has 1 unspecified atom stereocenters. The molecule has 0 saturated heterocycles. The topological polar surface area (TPSA) is 95.5 Å². The maximum Gasteiger partial charge on any atom is 0.258 e. The van der Waals surface area contributed by atoms with Crippen molar-refractivity contribution >= 4 is 29.9 Å². The van der Waals surface area contributed by atoms with Crippen molar-refractivity contribution in [2.45, 2.75) is 20.1 Å². The largest absolute Gasteiger partial charge is 0.369 e. The van der Waals surface area contributed by atoms with Crippen molar-refractivity contribution in [2.75, 3.05) is 0 Å². The molecule has 0 aliphatic carbocycles. The molecule has 3 N–H and O–H groups in total. The number of hydrogen-bond acceptors (Lipinski definition) is 5. The van der Waals surface area contributed by atoms with Crippen LogP contribution in [-0.4, -0.2) is 29.8 Å². The van der Waals surface area contributed by atoms with E-state index in [1.807, 2.05) is 32.0 Å². The summed E-state index contributed by atoms with van der Waals surface area (Å²) in [4.78, 5) is 35.0. The number of amides is 1. The number of carbonyl (C=O) groups is 3. The molecule has 2 aliphatic heterocycles. The van der Waals surface area contributed by atoms with E-state index in [-0.39, 0.29) is 17.0 Å². The number of aldehydes is 2. The normalized spacial score (nSPS) is 18.1. The van der Waals surface area contributed by atoms with Crippen LogP contribution in [0, 0.1) is 13.8 Å². The van der Waals surface area contributed by atoms with E-state index >= 15 is 0 Å². The first-order chi connectivity index (χ1) is 13.4. The van der Waals surface area contributed by atoms with Crippen molar-refractivity contribution < 1.29 is 19.5 Å². The van der Waals surface area contributed by atoms with Gasteiger partial charge < -0.3 is 15.7 Å². The number of aryl methyl sites for hydroxylation is 2. The molecule has 2 heterocycles. The lowest BCUT2D eigenvalue weighted by Crippen LogP contribution is -2.25. The van der Waals surface area contributed by atoms with Crippen LogP contribution in [0.3, 0.4) is 0 Å². The highest BCUT2D eigenvalue weighted by Crippen LogP contribution is 2.39. The Morgan fingerprint density at radius 2 is 1.57 bits per heavy atom. The molecule has 0 saturated carbocycles. The van der Waals surface area contributed by atoms with Gasteiger partial charge in [-0.3, -0.25) is 14.4 Å². The maximum absolute atomic E-state index is 12.7. The summed E-state index contributed by atoms with van der Waals surface area (Å²) in [5, 5.41) is 16.4. The highest BCUT2D eigenvalue weighted by atomic mass is 16.3. The van der Waals surface area contributed by atoms with Gasteiger partial charge in [-0.25, -0.2) is 0 Å². The Morgan fingerprint density at radius 1 is 0.893 bits per heavy atom. The quantitative estimate of drug-likeness (QED) is 0.713. The van der Waals surface area contributed by atoms with Crippen molar-refractivity contribution in [1.82, 2.24) is 10.6 Å². The number of aliphatic hydroxyl groups is 1. The average Bonchev–Trinajstić information content (AvgIpc) is 3.22. The van der Waals surface area contributed by atoms with Gasteiger partial charge in [0.05, 0.1) is 17.0 Å². The Hall–Kier alpha value is -3.51. The van der Waals surface area contributed by atoms with Crippen LogP contribution in [0.4, 0.5) is 0 Å². The summed E-state index contributed by atoms with van der Waals surface area (Å²) < 4.78 is 0. The van der Waals surface area contributed by atoms with E-state index in [0.717, 1.165) is 16.7 Å². The zero-order chi connectivity index (χ0) is 20.0. The van der Waals surface area contributed by atoms with Gasteiger partial charge in [0.2, 0.25) is 0 Å². The zero-order valence-electron chi connectivity index (χ0n) is 15.4. The molecular weight excluding hydrogens is 356 g/mol. The Labute approximate surface area is 161 Å². The third kappa shape index (κ3) is 2.66. The van der Waals surface area contributed by atoms with E-state index in [1.54, 1.807) is 6.07 Å². The van der Waals surface area contributed by atoms with Crippen LogP contribution in [-0.2, 0) is 4.79 Å². The summed E-state index contributed by atoms with van der Waals surface area (Å²) in [7, 11) is 0. The number of aliphatic hydroxyl groups excluding tert-OH is 1. The Morgan fingerprint density at radius 3 is 2.25 bits per heavy atom. The van der Waals surface area contributed by atoms with Crippen LogP contribution in [0.5, 0.6) is 0 Å². The second-order valence-corrected chi connectivity index (χ2v) is 6.92. The van der Waals surface area contributed by atoms with Gasteiger partial charge in [-0.05, 0) is 48.2 Å². The summed E-state index contributed by atoms with van der Waals surface area (Å²) in [6.45, 7) is 4.00. The number of benzene rings is 2. The van der Waals surface area contributed by atoms with Gasteiger partial charge in [0.25, 0.3) is 5.91 Å². The third-order valence-electron chi connectivity index (χ3n) is 5.23. The molecule has 1 amide bonds. The number of carbonyl (C=O) groups excluding carboxylic acids is 3. The van der Waals surface area contributed by atoms with Crippen LogP contribution in [0.25, 0.3) is 11.4 Å². The molecule has 2 aromatic carbocycles. The summed E-state index contributed by atoms with van der Waals surface area (Å²) in [5.41, 5.74) is 5.90. The number of fused-ring (bicyclic) bond motifs is 1. The molecule has 2 aliphatic rings.